The maximum atomic E-state index is 12.6. The second-order valence-corrected chi connectivity index (χ2v) is 16.1. The van der Waals surface area contributed by atoms with Crippen molar-refractivity contribution in [1.82, 2.24) is 0 Å². The lowest BCUT2D eigenvalue weighted by Crippen LogP contribution is -2.37. The number of hydrogen-bond acceptors (Lipinski definition) is 8. The average Bonchev–Trinajstić information content (AvgIpc) is 3.06. The highest BCUT2D eigenvalue weighted by atomic mass is 31.2. The van der Waals surface area contributed by atoms with E-state index in [4.69, 9.17) is 18.5 Å². The van der Waals surface area contributed by atoms with E-state index in [1.807, 2.05) is 21.1 Å². The summed E-state index contributed by atoms with van der Waals surface area (Å²) in [5.41, 5.74) is 0. The normalized spacial score (nSPS) is 14.0. The van der Waals surface area contributed by atoms with E-state index in [1.54, 1.807) is 0 Å². The molecule has 0 aliphatic heterocycles. The van der Waals surface area contributed by atoms with Crippen molar-refractivity contribution >= 4 is 19.8 Å². The van der Waals surface area contributed by atoms with Gasteiger partial charge < -0.3 is 27.9 Å². The predicted molar refractivity (Wildman–Crippen MR) is 204 cm³/mol. The molecule has 1 unspecified atom stereocenters. The van der Waals surface area contributed by atoms with E-state index in [0.29, 0.717) is 17.4 Å². The Hall–Kier alpha value is -1.51. The Morgan fingerprint density at radius 2 is 1.04 bits per heavy atom. The van der Waals surface area contributed by atoms with E-state index in [9.17, 15) is 19.0 Å². The summed E-state index contributed by atoms with van der Waals surface area (Å²) in [4.78, 5) is 37.3. The van der Waals surface area contributed by atoms with Crippen molar-refractivity contribution in [3.8, 4) is 0 Å². The van der Waals surface area contributed by atoms with Gasteiger partial charge in [-0.2, -0.15) is 0 Å². The number of phosphoric ester groups is 1. The van der Waals surface area contributed by atoms with Crippen LogP contribution in [0.5, 0.6) is 0 Å². The standard InChI is InChI=1S/C40H76NO8P/c1-6-8-10-12-14-16-18-19-20-21-23-25-27-29-31-33-40(43)49-38(37-48-50(44,45)47-35-34-41(3,4)5)36-46-39(42)32-30-28-26-24-22-17-15-13-11-9-7-2/h13,15,19-20,38H,6-12,14,16-18,21-37H2,1-5H3/b15-13-,20-19-/t38-/m1/s1. The summed E-state index contributed by atoms with van der Waals surface area (Å²) in [5, 5.41) is 0. The number of unbranched alkanes of at least 4 members (excludes halogenated alkanes) is 18. The molecule has 0 saturated carbocycles. The molecule has 0 aromatic heterocycles. The minimum Gasteiger partial charge on any atom is -0.756 e. The molecular formula is C40H76NO8P. The molecule has 0 aromatic rings. The highest BCUT2D eigenvalue weighted by Crippen LogP contribution is 2.38. The van der Waals surface area contributed by atoms with Crippen LogP contribution in [-0.2, 0) is 32.7 Å². The lowest BCUT2D eigenvalue weighted by atomic mass is 10.1. The SMILES string of the molecule is CCCC/C=C\CCCCCCCC(=O)OC[C@H](COP(=O)([O-])OCC[N+](C)(C)C)OC(=O)CCCCCCC/C=C\CCCCCCCC. The summed E-state index contributed by atoms with van der Waals surface area (Å²) < 4.78 is 33.7. The predicted octanol–water partition coefficient (Wildman–Crippen LogP) is 10.2. The van der Waals surface area contributed by atoms with Crippen LogP contribution >= 0.6 is 7.82 Å². The summed E-state index contributed by atoms with van der Waals surface area (Å²) in [7, 11) is 1.15. The molecule has 10 heteroatoms. The first-order valence-corrected chi connectivity index (χ1v) is 21.5. The van der Waals surface area contributed by atoms with Crippen LogP contribution in [-0.4, -0.2) is 70.0 Å². The van der Waals surface area contributed by atoms with E-state index >= 15 is 0 Å². The Morgan fingerprint density at radius 1 is 0.600 bits per heavy atom. The van der Waals surface area contributed by atoms with Gasteiger partial charge in [0, 0.05) is 12.8 Å². The van der Waals surface area contributed by atoms with E-state index in [1.165, 1.54) is 57.8 Å². The summed E-state index contributed by atoms with van der Waals surface area (Å²) >= 11 is 0. The molecule has 2 atom stereocenters. The van der Waals surface area contributed by atoms with E-state index in [0.717, 1.165) is 77.0 Å². The maximum absolute atomic E-state index is 12.6. The van der Waals surface area contributed by atoms with Crippen molar-refractivity contribution < 1.29 is 42.1 Å². The Kier molecular flexibility index (Phi) is 32.3. The lowest BCUT2D eigenvalue weighted by Gasteiger charge is -2.28. The number of carbonyl (C=O) groups is 2. The molecular weight excluding hydrogens is 653 g/mol. The van der Waals surface area contributed by atoms with Gasteiger partial charge in [-0.25, -0.2) is 0 Å². The third kappa shape index (κ3) is 36.3. The largest absolute Gasteiger partial charge is 0.756 e. The summed E-state index contributed by atoms with van der Waals surface area (Å²) in [6.45, 7) is 4.15. The van der Waals surface area contributed by atoms with Crippen LogP contribution in [0.15, 0.2) is 24.3 Å². The maximum Gasteiger partial charge on any atom is 0.306 e. The molecule has 0 heterocycles. The monoisotopic (exact) mass is 730 g/mol. The second kappa shape index (κ2) is 33.3. The molecule has 0 radical (unpaired) electrons. The van der Waals surface area contributed by atoms with Crippen LogP contribution in [0.25, 0.3) is 0 Å². The minimum absolute atomic E-state index is 0.0329. The zero-order chi connectivity index (χ0) is 37.2. The molecule has 0 aliphatic rings. The number of quaternary nitrogens is 1. The van der Waals surface area contributed by atoms with Gasteiger partial charge in [-0.1, -0.05) is 122 Å². The number of carbonyl (C=O) groups excluding carboxylic acids is 2. The Labute approximate surface area is 307 Å². The smallest absolute Gasteiger partial charge is 0.306 e. The molecule has 0 N–H and O–H groups in total. The third-order valence-electron chi connectivity index (χ3n) is 8.44. The summed E-state index contributed by atoms with van der Waals surface area (Å²) in [6.07, 6.45) is 33.4. The number of hydrogen-bond donors (Lipinski definition) is 0. The molecule has 50 heavy (non-hydrogen) atoms. The fraction of sp³-hybridized carbons (Fsp3) is 0.850. The fourth-order valence-electron chi connectivity index (χ4n) is 5.22. The van der Waals surface area contributed by atoms with Gasteiger partial charge in [-0.15, -0.1) is 0 Å². The van der Waals surface area contributed by atoms with Gasteiger partial charge in [-0.3, -0.25) is 14.2 Å². The van der Waals surface area contributed by atoms with Crippen molar-refractivity contribution in [2.24, 2.45) is 0 Å². The van der Waals surface area contributed by atoms with Gasteiger partial charge in [0.25, 0.3) is 7.82 Å². The molecule has 0 bridgehead atoms. The summed E-state index contributed by atoms with van der Waals surface area (Å²) in [6, 6.07) is 0. The number of allylic oxidation sites excluding steroid dienone is 4. The fourth-order valence-corrected chi connectivity index (χ4v) is 5.95. The van der Waals surface area contributed by atoms with Crippen LogP contribution < -0.4 is 4.89 Å². The van der Waals surface area contributed by atoms with E-state index in [-0.39, 0.29) is 26.1 Å². The first kappa shape index (κ1) is 48.5. The van der Waals surface area contributed by atoms with Gasteiger partial charge >= 0.3 is 11.9 Å². The Morgan fingerprint density at radius 3 is 1.54 bits per heavy atom. The van der Waals surface area contributed by atoms with Gasteiger partial charge in [0.05, 0.1) is 27.7 Å². The van der Waals surface area contributed by atoms with Crippen molar-refractivity contribution in [2.45, 2.75) is 174 Å². The van der Waals surface area contributed by atoms with Crippen LogP contribution in [0.1, 0.15) is 168 Å². The van der Waals surface area contributed by atoms with Crippen molar-refractivity contribution in [1.29, 1.82) is 0 Å². The summed E-state index contributed by atoms with van der Waals surface area (Å²) in [5.74, 6) is -0.856. The van der Waals surface area contributed by atoms with Gasteiger partial charge in [0.1, 0.15) is 19.8 Å². The highest BCUT2D eigenvalue weighted by molar-refractivity contribution is 7.45. The molecule has 0 rings (SSSR count). The topological polar surface area (TPSA) is 111 Å². The van der Waals surface area contributed by atoms with Crippen LogP contribution in [0.3, 0.4) is 0 Å². The first-order chi connectivity index (χ1) is 24.0. The molecule has 0 fully saturated rings. The molecule has 294 valence electrons. The molecule has 0 aliphatic carbocycles. The minimum atomic E-state index is -4.62. The number of ether oxygens (including phenoxy) is 2. The van der Waals surface area contributed by atoms with Gasteiger partial charge in [-0.05, 0) is 57.8 Å². The number of rotatable bonds is 36. The van der Waals surface area contributed by atoms with Crippen LogP contribution in [0.2, 0.25) is 0 Å². The van der Waals surface area contributed by atoms with Crippen molar-refractivity contribution in [3.05, 3.63) is 24.3 Å². The van der Waals surface area contributed by atoms with E-state index < -0.39 is 32.5 Å². The second-order valence-electron chi connectivity index (χ2n) is 14.6. The number of phosphoric acid groups is 1. The third-order valence-corrected chi connectivity index (χ3v) is 9.41. The van der Waals surface area contributed by atoms with Crippen molar-refractivity contribution in [3.63, 3.8) is 0 Å². The zero-order valence-corrected chi connectivity index (χ0v) is 33.7. The van der Waals surface area contributed by atoms with Gasteiger partial charge in [0.2, 0.25) is 0 Å². The lowest BCUT2D eigenvalue weighted by molar-refractivity contribution is -0.870. The highest BCUT2D eigenvalue weighted by Gasteiger charge is 2.21. The molecule has 0 amide bonds. The quantitative estimate of drug-likeness (QED) is 0.0206. The van der Waals surface area contributed by atoms with Crippen LogP contribution in [0, 0.1) is 0 Å². The number of nitrogens with zero attached hydrogens (tertiary/aromatic N) is 1. The van der Waals surface area contributed by atoms with E-state index in [2.05, 4.69) is 38.2 Å². The molecule has 0 spiro atoms. The Bertz CT molecular complexity index is 918. The number of likely N-dealkylation sites (N-methyl/N-ethyl adjacent to an activating group) is 1. The van der Waals surface area contributed by atoms with Gasteiger partial charge in [0.15, 0.2) is 6.10 Å². The molecule has 9 nitrogen and oxygen atoms in total. The number of esters is 2. The first-order valence-electron chi connectivity index (χ1n) is 20.0. The average molecular weight is 730 g/mol. The molecule has 0 saturated heterocycles. The van der Waals surface area contributed by atoms with Crippen molar-refractivity contribution in [2.75, 3.05) is 47.5 Å². The Balaban J connectivity index is 4.43. The molecule has 0 aromatic carbocycles. The zero-order valence-electron chi connectivity index (χ0n) is 32.8. The van der Waals surface area contributed by atoms with Crippen LogP contribution in [0.4, 0.5) is 0 Å².